The molecule has 1 aromatic carbocycles. The quantitative estimate of drug-likeness (QED) is 0.361. The van der Waals surface area contributed by atoms with Crippen LogP contribution in [0, 0.1) is 15.9 Å². The average molecular weight is 278 g/mol. The molecule has 8 heteroatoms. The van der Waals surface area contributed by atoms with E-state index in [-0.39, 0.29) is 5.33 Å². The van der Waals surface area contributed by atoms with Gasteiger partial charge < -0.3 is 0 Å². The Bertz CT molecular complexity index is 365. The van der Waals surface area contributed by atoms with Crippen molar-refractivity contribution >= 4 is 29.3 Å². The number of halogens is 3. The Balaban J connectivity index is 0.000000583. The van der Waals surface area contributed by atoms with Crippen LogP contribution in [0.1, 0.15) is 5.56 Å². The van der Waals surface area contributed by atoms with Crippen LogP contribution in [0.3, 0.4) is 0 Å². The van der Waals surface area contributed by atoms with Crippen molar-refractivity contribution in [1.29, 1.82) is 0 Å². The van der Waals surface area contributed by atoms with Crippen molar-refractivity contribution in [3.05, 3.63) is 39.7 Å². The van der Waals surface area contributed by atoms with E-state index in [0.29, 0.717) is 5.56 Å². The topological polar surface area (TPSA) is 55.5 Å². The number of nitrogens with zero attached hydrogens (tertiary/aromatic N) is 2. The second kappa shape index (κ2) is 7.16. The third kappa shape index (κ3) is 4.24. The molecule has 79 valence electrons. The van der Waals surface area contributed by atoms with Crippen molar-refractivity contribution in [1.82, 2.24) is 0 Å². The first-order valence-electron chi connectivity index (χ1n) is 3.57. The molecule has 0 aliphatic rings. The molecule has 0 fully saturated rings. The first kappa shape index (κ1) is 13.8. The summed E-state index contributed by atoms with van der Waals surface area (Å²) in [7, 11) is 3.81. The number of nitro benzene ring substituents is 1. The van der Waals surface area contributed by atoms with Gasteiger partial charge in [0.15, 0.2) is 0 Å². The van der Waals surface area contributed by atoms with Gasteiger partial charge in [0.1, 0.15) is 0 Å². The zero-order chi connectivity index (χ0) is 11.8. The summed E-state index contributed by atoms with van der Waals surface area (Å²) in [6, 6.07) is 4.09. The van der Waals surface area contributed by atoms with Gasteiger partial charge in [-0.15, -0.1) is 0 Å². The van der Waals surface area contributed by atoms with Crippen molar-refractivity contribution in [3.8, 4) is 0 Å². The third-order valence-electron chi connectivity index (χ3n) is 1.40. The fourth-order valence-corrected chi connectivity index (χ4v) is 1.24. The molecule has 0 aromatic heterocycles. The second-order valence-electron chi connectivity index (χ2n) is 2.24. The van der Waals surface area contributed by atoms with E-state index < -0.39 is 16.4 Å². The van der Waals surface area contributed by atoms with Crippen LogP contribution < -0.4 is 0 Å². The minimum absolute atomic E-state index is 0.278. The second-order valence-corrected chi connectivity index (χ2v) is 2.80. The fraction of sp³-hybridized carbons (Fsp3) is 0.143. The molecule has 0 heterocycles. The van der Waals surface area contributed by atoms with Crippen molar-refractivity contribution in [2.75, 3.05) is 0 Å². The van der Waals surface area contributed by atoms with Gasteiger partial charge in [0.2, 0.25) is 5.82 Å². The Morgan fingerprint density at radius 1 is 1.60 bits per heavy atom. The summed E-state index contributed by atoms with van der Waals surface area (Å²) in [5, 5.41) is 12.0. The van der Waals surface area contributed by atoms with Gasteiger partial charge in [-0.1, -0.05) is 28.1 Å². The summed E-state index contributed by atoms with van der Waals surface area (Å²) >= 11 is 3.03. The molecule has 0 atom stereocenters. The predicted octanol–water partition coefficient (Wildman–Crippen LogP) is 2.85. The number of benzene rings is 1. The van der Waals surface area contributed by atoms with Crippen LogP contribution >= 0.6 is 15.9 Å². The summed E-state index contributed by atoms with van der Waals surface area (Å²) in [6.07, 6.45) is 0. The van der Waals surface area contributed by atoms with Crippen LogP contribution in [0.2, 0.25) is 0 Å². The summed E-state index contributed by atoms with van der Waals surface area (Å²) in [6.45, 7) is 0. The number of rotatable bonds is 2. The van der Waals surface area contributed by atoms with Crippen LogP contribution in [0.25, 0.3) is 0 Å². The number of alkyl halides is 1. The summed E-state index contributed by atoms with van der Waals surface area (Å²) in [5.74, 6) is -0.764. The molecule has 15 heavy (non-hydrogen) atoms. The van der Waals surface area contributed by atoms with E-state index in [1.165, 1.54) is 17.3 Å². The van der Waals surface area contributed by atoms with Gasteiger partial charge in [0, 0.05) is 17.0 Å². The molecule has 0 saturated carbocycles. The van der Waals surface area contributed by atoms with Gasteiger partial charge in [-0.2, -0.15) is 4.39 Å². The van der Waals surface area contributed by atoms with Crippen molar-refractivity contribution in [3.63, 3.8) is 0 Å². The summed E-state index contributed by atoms with van der Waals surface area (Å²) in [5.41, 5.74) is -0.184. The molecule has 0 N–H and O–H groups in total. The maximum absolute atomic E-state index is 13.1. The van der Waals surface area contributed by atoms with Crippen LogP contribution in [0.5, 0.6) is 0 Å². The number of hydrogen-bond donors (Lipinski definition) is 0. The summed E-state index contributed by atoms with van der Waals surface area (Å²) < 4.78 is 22.7. The van der Waals surface area contributed by atoms with Crippen LogP contribution in [0.4, 0.5) is 14.6 Å². The molecular weight excluding hydrogens is 273 g/mol. The number of hydrogen-bond acceptors (Lipinski definition) is 3. The summed E-state index contributed by atoms with van der Waals surface area (Å²) in [4.78, 5) is 9.51. The average Bonchev–Trinajstić information content (AvgIpc) is 2.19. The Kier molecular flexibility index (Phi) is 6.60. The zero-order valence-corrected chi connectivity index (χ0v) is 8.95. The molecule has 1 aromatic rings. The molecule has 0 spiro atoms. The monoisotopic (exact) mass is 277 g/mol. The van der Waals surface area contributed by atoms with Gasteiger partial charge in [-0.3, -0.25) is 10.1 Å². The first-order chi connectivity index (χ1) is 7.08. The van der Waals surface area contributed by atoms with Gasteiger partial charge in [-0.05, 0) is 0 Å². The molecule has 0 saturated heterocycles. The van der Waals surface area contributed by atoms with Crippen molar-refractivity contribution in [2.45, 2.75) is 5.33 Å². The Morgan fingerprint density at radius 3 is 2.53 bits per heavy atom. The Labute approximate surface area is 93.6 Å². The molecule has 0 aliphatic heterocycles. The van der Waals surface area contributed by atoms with Gasteiger partial charge >= 0.3 is 22.9 Å². The maximum atomic E-state index is 13.1. The van der Waals surface area contributed by atoms with Gasteiger partial charge in [0.05, 0.1) is 4.92 Å². The van der Waals surface area contributed by atoms with Gasteiger partial charge in [-0.25, -0.2) is 0 Å². The zero-order valence-electron chi connectivity index (χ0n) is 7.36. The van der Waals surface area contributed by atoms with E-state index in [0.717, 1.165) is 6.07 Å². The van der Waals surface area contributed by atoms with Crippen LogP contribution in [-0.4, -0.2) is 12.6 Å². The molecule has 1 rings (SSSR count). The fourth-order valence-electron chi connectivity index (χ4n) is 0.810. The molecule has 0 bridgehead atoms. The van der Waals surface area contributed by atoms with Gasteiger partial charge in [0.25, 0.3) is 0 Å². The SMILES string of the molecule is O=[N+]([O-])c1cccc(CBr)c1F.[B]=NF. The Hall–Kier alpha value is -1.18. The number of nitro groups is 1. The molecule has 1 radical (unpaired) electrons. The molecule has 0 unspecified atom stereocenters. The van der Waals surface area contributed by atoms with E-state index >= 15 is 0 Å². The van der Waals surface area contributed by atoms with Crippen LogP contribution in [0.15, 0.2) is 23.3 Å². The van der Waals surface area contributed by atoms with E-state index in [4.69, 9.17) is 0 Å². The van der Waals surface area contributed by atoms with Crippen molar-refractivity contribution < 1.29 is 13.8 Å². The van der Waals surface area contributed by atoms with E-state index in [9.17, 15) is 19.0 Å². The first-order valence-corrected chi connectivity index (χ1v) is 4.69. The standard InChI is InChI=1S/C7H5BrFNO2.BFN/c8-4-5-2-1-3-6(7(5)9)10(11)12;1-3-2/h1-3H,4H2;. The van der Waals surface area contributed by atoms with E-state index in [1.54, 1.807) is 0 Å². The predicted molar refractivity (Wildman–Crippen MR) is 55.0 cm³/mol. The van der Waals surface area contributed by atoms with E-state index in [2.05, 4.69) is 23.6 Å². The van der Waals surface area contributed by atoms with Crippen LogP contribution in [-0.2, 0) is 5.33 Å². The van der Waals surface area contributed by atoms with E-state index in [1.807, 2.05) is 0 Å². The molecular formula is C7H5BBrF2N2O2. The molecule has 0 amide bonds. The third-order valence-corrected chi connectivity index (χ3v) is 2.00. The van der Waals surface area contributed by atoms with Crippen molar-refractivity contribution in [2.24, 2.45) is 5.12 Å². The minimum atomic E-state index is -0.764. The molecule has 4 nitrogen and oxygen atoms in total. The molecule has 0 aliphatic carbocycles. The normalized spacial score (nSPS) is 8.67. The Morgan fingerprint density at radius 2 is 2.13 bits per heavy atom.